The molecule has 0 N–H and O–H groups in total. The van der Waals surface area contributed by atoms with Gasteiger partial charge in [0.05, 0.1) is 0 Å². The van der Waals surface area contributed by atoms with Crippen molar-refractivity contribution >= 4 is 12.1 Å². The normalized spacial score (nSPS) is 20.2. The second kappa shape index (κ2) is 8.19. The molecule has 0 aromatic heterocycles. The summed E-state index contributed by atoms with van der Waals surface area (Å²) in [5.41, 5.74) is 0.312. The van der Waals surface area contributed by atoms with Crippen LogP contribution in [-0.4, -0.2) is 35.2 Å². The van der Waals surface area contributed by atoms with Gasteiger partial charge >= 0.3 is 12.1 Å². The number of benzene rings is 1. The molecule has 2 rings (SSSR count). The van der Waals surface area contributed by atoms with Gasteiger partial charge < -0.3 is 9.47 Å². The van der Waals surface area contributed by atoms with Gasteiger partial charge in [-0.25, -0.2) is 9.59 Å². The van der Waals surface area contributed by atoms with Gasteiger partial charge in [0, 0.05) is 6.54 Å². The molecule has 0 aliphatic carbocycles. The van der Waals surface area contributed by atoms with Gasteiger partial charge in [-0.2, -0.15) is 0 Å². The molecular formula is C20H27NO4. The number of likely N-dealkylation sites (tertiary alicyclic amines) is 1. The summed E-state index contributed by atoms with van der Waals surface area (Å²) in [5.74, 6) is -0.194. The van der Waals surface area contributed by atoms with E-state index in [1.807, 2.05) is 57.2 Å². The average molecular weight is 345 g/mol. The molecule has 0 radical (unpaired) electrons. The fourth-order valence-electron chi connectivity index (χ4n) is 2.90. The van der Waals surface area contributed by atoms with Crippen molar-refractivity contribution in [3.63, 3.8) is 0 Å². The van der Waals surface area contributed by atoms with Crippen LogP contribution in [0.15, 0.2) is 43.0 Å². The van der Waals surface area contributed by atoms with E-state index in [0.29, 0.717) is 13.0 Å². The van der Waals surface area contributed by atoms with Crippen molar-refractivity contribution < 1.29 is 19.1 Å². The van der Waals surface area contributed by atoms with Gasteiger partial charge in [-0.3, -0.25) is 4.90 Å². The van der Waals surface area contributed by atoms with Gasteiger partial charge in [0.15, 0.2) is 0 Å². The molecule has 25 heavy (non-hydrogen) atoms. The van der Waals surface area contributed by atoms with Crippen LogP contribution in [-0.2, 0) is 20.9 Å². The molecule has 1 aliphatic heterocycles. The van der Waals surface area contributed by atoms with Crippen molar-refractivity contribution in [2.45, 2.75) is 51.9 Å². The van der Waals surface area contributed by atoms with Gasteiger partial charge in [0.1, 0.15) is 18.2 Å². The number of rotatable bonds is 5. The number of allylic oxidation sites excluding steroid dienone is 1. The van der Waals surface area contributed by atoms with E-state index in [1.54, 1.807) is 0 Å². The molecule has 0 spiro atoms. The second-order valence-electron chi connectivity index (χ2n) is 7.37. The topological polar surface area (TPSA) is 55.8 Å². The zero-order valence-electron chi connectivity index (χ0n) is 15.2. The maximum Gasteiger partial charge on any atom is 0.411 e. The van der Waals surface area contributed by atoms with Gasteiger partial charge in [0.25, 0.3) is 0 Å². The van der Waals surface area contributed by atoms with Gasteiger partial charge in [-0.05, 0) is 45.1 Å². The fourth-order valence-corrected chi connectivity index (χ4v) is 2.90. The van der Waals surface area contributed by atoms with Crippen LogP contribution in [0.1, 0.15) is 39.2 Å². The molecule has 5 heteroatoms. The monoisotopic (exact) mass is 345 g/mol. The van der Waals surface area contributed by atoms with E-state index >= 15 is 0 Å². The summed E-state index contributed by atoms with van der Waals surface area (Å²) in [6, 6.07) is 8.88. The molecule has 1 aromatic rings. The Hall–Kier alpha value is -2.30. The maximum atomic E-state index is 12.6. The first-order valence-electron chi connectivity index (χ1n) is 8.61. The minimum atomic E-state index is -0.608. The molecule has 5 nitrogen and oxygen atoms in total. The Labute approximate surface area is 149 Å². The van der Waals surface area contributed by atoms with Gasteiger partial charge in [-0.1, -0.05) is 36.4 Å². The zero-order chi connectivity index (χ0) is 18.4. The van der Waals surface area contributed by atoms with E-state index in [2.05, 4.69) is 6.58 Å². The third-order valence-corrected chi connectivity index (χ3v) is 4.01. The molecular weight excluding hydrogens is 318 g/mol. The average Bonchev–Trinajstić information content (AvgIpc) is 2.97. The third kappa shape index (κ3) is 5.62. The lowest BCUT2D eigenvalue weighted by molar-refractivity contribution is -0.150. The standard InChI is InChI=1S/C20H27NO4/c1-5-9-16-12-17(21(13-16)19(23)25-20(2,3)4)18(22)24-14-15-10-7-6-8-11-15/h5-8,10-11,16-17H,1,9,12-14H2,2-4H3/t16-,17+/m1/s1. The number of hydrogen-bond donors (Lipinski definition) is 0. The highest BCUT2D eigenvalue weighted by Crippen LogP contribution is 2.29. The first-order valence-corrected chi connectivity index (χ1v) is 8.61. The van der Waals surface area contributed by atoms with Crippen LogP contribution >= 0.6 is 0 Å². The molecule has 1 amide bonds. The van der Waals surface area contributed by atoms with Crippen LogP contribution in [0.5, 0.6) is 0 Å². The summed E-state index contributed by atoms with van der Waals surface area (Å²) >= 11 is 0. The van der Waals surface area contributed by atoms with Gasteiger partial charge in [-0.15, -0.1) is 6.58 Å². The van der Waals surface area contributed by atoms with Crippen molar-refractivity contribution in [3.8, 4) is 0 Å². The van der Waals surface area contributed by atoms with Crippen LogP contribution < -0.4 is 0 Å². The molecule has 0 saturated carbocycles. The number of ether oxygens (including phenoxy) is 2. The summed E-state index contributed by atoms with van der Waals surface area (Å²) in [7, 11) is 0. The summed E-state index contributed by atoms with van der Waals surface area (Å²) in [6.07, 6.45) is 2.66. The van der Waals surface area contributed by atoms with Crippen molar-refractivity contribution in [2.24, 2.45) is 5.92 Å². The molecule has 0 bridgehead atoms. The lowest BCUT2D eigenvalue weighted by atomic mass is 10.0. The number of carbonyl (C=O) groups is 2. The number of nitrogens with zero attached hydrogens (tertiary/aromatic N) is 1. The Morgan fingerprint density at radius 3 is 2.56 bits per heavy atom. The Morgan fingerprint density at radius 2 is 1.96 bits per heavy atom. The Bertz CT molecular complexity index is 606. The fraction of sp³-hybridized carbons (Fsp3) is 0.500. The number of hydrogen-bond acceptors (Lipinski definition) is 4. The first-order chi connectivity index (χ1) is 11.8. The lowest BCUT2D eigenvalue weighted by Crippen LogP contribution is -2.44. The summed E-state index contributed by atoms with van der Waals surface area (Å²) in [5, 5.41) is 0. The lowest BCUT2D eigenvalue weighted by Gasteiger charge is -2.27. The molecule has 1 heterocycles. The van der Waals surface area contributed by atoms with E-state index < -0.39 is 17.7 Å². The molecule has 1 aliphatic rings. The van der Waals surface area contributed by atoms with Crippen molar-refractivity contribution in [3.05, 3.63) is 48.6 Å². The highest BCUT2D eigenvalue weighted by Gasteiger charge is 2.41. The van der Waals surface area contributed by atoms with E-state index in [0.717, 1.165) is 12.0 Å². The van der Waals surface area contributed by atoms with E-state index in [-0.39, 0.29) is 18.5 Å². The predicted molar refractivity (Wildman–Crippen MR) is 95.9 cm³/mol. The molecule has 1 fully saturated rings. The quantitative estimate of drug-likeness (QED) is 0.599. The van der Waals surface area contributed by atoms with Crippen molar-refractivity contribution in [1.82, 2.24) is 4.90 Å². The maximum absolute atomic E-state index is 12.6. The molecule has 1 aromatic carbocycles. The Morgan fingerprint density at radius 1 is 1.28 bits per heavy atom. The third-order valence-electron chi connectivity index (χ3n) is 4.01. The SMILES string of the molecule is C=CC[C@@H]1C[C@@H](C(=O)OCc2ccccc2)N(C(=O)OC(C)(C)C)C1. The molecule has 136 valence electrons. The second-order valence-corrected chi connectivity index (χ2v) is 7.37. The molecule has 0 unspecified atom stereocenters. The van der Waals surface area contributed by atoms with Crippen LogP contribution in [0.4, 0.5) is 4.79 Å². The Balaban J connectivity index is 2.03. The zero-order valence-corrected chi connectivity index (χ0v) is 15.2. The number of esters is 1. The van der Waals surface area contributed by atoms with E-state index in [4.69, 9.17) is 9.47 Å². The highest BCUT2D eigenvalue weighted by atomic mass is 16.6. The van der Waals surface area contributed by atoms with Crippen LogP contribution in [0, 0.1) is 5.92 Å². The first kappa shape index (κ1) is 19.0. The number of amides is 1. The van der Waals surface area contributed by atoms with Crippen molar-refractivity contribution in [1.29, 1.82) is 0 Å². The predicted octanol–water partition coefficient (Wildman–Crippen LogP) is 3.93. The smallest absolute Gasteiger partial charge is 0.411 e. The van der Waals surface area contributed by atoms with E-state index in [9.17, 15) is 9.59 Å². The largest absolute Gasteiger partial charge is 0.459 e. The minimum Gasteiger partial charge on any atom is -0.459 e. The highest BCUT2D eigenvalue weighted by molar-refractivity contribution is 5.82. The van der Waals surface area contributed by atoms with Crippen LogP contribution in [0.25, 0.3) is 0 Å². The minimum absolute atomic E-state index is 0.194. The summed E-state index contributed by atoms with van der Waals surface area (Å²) in [4.78, 5) is 26.5. The summed E-state index contributed by atoms with van der Waals surface area (Å²) in [6.45, 7) is 9.86. The van der Waals surface area contributed by atoms with Crippen LogP contribution in [0.3, 0.4) is 0 Å². The van der Waals surface area contributed by atoms with E-state index in [1.165, 1.54) is 4.90 Å². The van der Waals surface area contributed by atoms with Gasteiger partial charge in [0.2, 0.25) is 0 Å². The molecule has 1 saturated heterocycles. The summed E-state index contributed by atoms with van der Waals surface area (Å²) < 4.78 is 10.9. The van der Waals surface area contributed by atoms with Crippen molar-refractivity contribution in [2.75, 3.05) is 6.54 Å². The number of carbonyl (C=O) groups excluding carboxylic acids is 2. The van der Waals surface area contributed by atoms with Crippen LogP contribution in [0.2, 0.25) is 0 Å². The molecule has 2 atom stereocenters. The Kier molecular flexibility index (Phi) is 6.23.